The lowest BCUT2D eigenvalue weighted by Gasteiger charge is -2.36. The quantitative estimate of drug-likeness (QED) is 0.735. The molecule has 0 heterocycles. The van der Waals surface area contributed by atoms with Gasteiger partial charge in [-0.2, -0.15) is 0 Å². The van der Waals surface area contributed by atoms with Crippen molar-refractivity contribution in [2.24, 2.45) is 11.8 Å². The van der Waals surface area contributed by atoms with Crippen LogP contribution in [-0.2, 0) is 4.74 Å². The van der Waals surface area contributed by atoms with Gasteiger partial charge in [-0.15, -0.1) is 0 Å². The lowest BCUT2D eigenvalue weighted by Crippen LogP contribution is -2.46. The SMILES string of the molecule is CCCNC1CCC(CC)CC1OCC(C)C. The van der Waals surface area contributed by atoms with Gasteiger partial charge in [0, 0.05) is 12.6 Å². The molecule has 0 aromatic carbocycles. The van der Waals surface area contributed by atoms with Crippen molar-refractivity contribution in [1.29, 1.82) is 0 Å². The minimum Gasteiger partial charge on any atom is -0.376 e. The minimum atomic E-state index is 0.447. The van der Waals surface area contributed by atoms with Crippen LogP contribution in [0.25, 0.3) is 0 Å². The molecule has 3 atom stereocenters. The Morgan fingerprint density at radius 2 is 2.00 bits per heavy atom. The van der Waals surface area contributed by atoms with Crippen LogP contribution in [-0.4, -0.2) is 25.3 Å². The molecule has 1 rings (SSSR count). The fourth-order valence-electron chi connectivity index (χ4n) is 2.65. The van der Waals surface area contributed by atoms with Crippen LogP contribution in [0.3, 0.4) is 0 Å². The Balaban J connectivity index is 2.42. The van der Waals surface area contributed by atoms with Crippen molar-refractivity contribution in [3.63, 3.8) is 0 Å². The number of hydrogen-bond acceptors (Lipinski definition) is 2. The van der Waals surface area contributed by atoms with Gasteiger partial charge >= 0.3 is 0 Å². The maximum Gasteiger partial charge on any atom is 0.0730 e. The van der Waals surface area contributed by atoms with E-state index >= 15 is 0 Å². The summed E-state index contributed by atoms with van der Waals surface area (Å²) in [5, 5.41) is 3.66. The van der Waals surface area contributed by atoms with E-state index in [-0.39, 0.29) is 0 Å². The van der Waals surface area contributed by atoms with Crippen molar-refractivity contribution in [1.82, 2.24) is 5.32 Å². The Morgan fingerprint density at radius 1 is 1.24 bits per heavy atom. The van der Waals surface area contributed by atoms with Gasteiger partial charge in [-0.25, -0.2) is 0 Å². The number of ether oxygens (including phenoxy) is 1. The Labute approximate surface area is 108 Å². The maximum absolute atomic E-state index is 6.12. The van der Waals surface area contributed by atoms with Crippen LogP contribution in [0, 0.1) is 11.8 Å². The van der Waals surface area contributed by atoms with Crippen LogP contribution >= 0.6 is 0 Å². The van der Waals surface area contributed by atoms with Crippen LogP contribution in [0.2, 0.25) is 0 Å². The smallest absolute Gasteiger partial charge is 0.0730 e. The summed E-state index contributed by atoms with van der Waals surface area (Å²) in [6, 6.07) is 0.594. The van der Waals surface area contributed by atoms with Crippen LogP contribution in [0.4, 0.5) is 0 Å². The molecule has 0 saturated heterocycles. The van der Waals surface area contributed by atoms with Crippen LogP contribution < -0.4 is 5.32 Å². The third-order valence-corrected chi connectivity index (χ3v) is 3.78. The molecule has 0 aromatic heterocycles. The highest BCUT2D eigenvalue weighted by Crippen LogP contribution is 2.29. The van der Waals surface area contributed by atoms with E-state index in [1.165, 1.54) is 32.1 Å². The molecule has 0 bridgehead atoms. The van der Waals surface area contributed by atoms with Gasteiger partial charge in [0.15, 0.2) is 0 Å². The summed E-state index contributed by atoms with van der Waals surface area (Å²) in [6.45, 7) is 11.0. The fourth-order valence-corrected chi connectivity index (χ4v) is 2.65. The molecule has 0 spiro atoms. The Kier molecular flexibility index (Phi) is 7.14. The molecule has 17 heavy (non-hydrogen) atoms. The van der Waals surface area contributed by atoms with Gasteiger partial charge in [0.05, 0.1) is 6.10 Å². The molecule has 102 valence electrons. The van der Waals surface area contributed by atoms with Gasteiger partial charge in [0.25, 0.3) is 0 Å². The highest BCUT2D eigenvalue weighted by atomic mass is 16.5. The van der Waals surface area contributed by atoms with E-state index in [4.69, 9.17) is 4.74 Å². The second-order valence-corrected chi connectivity index (χ2v) is 5.91. The van der Waals surface area contributed by atoms with Gasteiger partial charge in [-0.3, -0.25) is 0 Å². The monoisotopic (exact) mass is 241 g/mol. The summed E-state index contributed by atoms with van der Waals surface area (Å²) < 4.78 is 6.12. The van der Waals surface area contributed by atoms with E-state index in [0.717, 1.165) is 19.1 Å². The van der Waals surface area contributed by atoms with Crippen molar-refractivity contribution in [2.75, 3.05) is 13.2 Å². The van der Waals surface area contributed by atoms with Crippen molar-refractivity contribution >= 4 is 0 Å². The fraction of sp³-hybridized carbons (Fsp3) is 1.00. The summed E-state index contributed by atoms with van der Waals surface area (Å²) in [7, 11) is 0. The van der Waals surface area contributed by atoms with Crippen LogP contribution in [0.15, 0.2) is 0 Å². The highest BCUT2D eigenvalue weighted by Gasteiger charge is 2.29. The number of nitrogens with one attached hydrogen (secondary N) is 1. The van der Waals surface area contributed by atoms with Crippen molar-refractivity contribution in [2.45, 2.75) is 71.9 Å². The van der Waals surface area contributed by atoms with Gasteiger partial charge in [-0.1, -0.05) is 34.1 Å². The van der Waals surface area contributed by atoms with E-state index < -0.39 is 0 Å². The molecule has 0 radical (unpaired) electrons. The van der Waals surface area contributed by atoms with E-state index in [1.807, 2.05) is 0 Å². The Hall–Kier alpha value is -0.0800. The van der Waals surface area contributed by atoms with Crippen molar-refractivity contribution in [3.8, 4) is 0 Å². The zero-order valence-electron chi connectivity index (χ0n) is 12.2. The zero-order chi connectivity index (χ0) is 12.7. The minimum absolute atomic E-state index is 0.447. The normalized spacial score (nSPS) is 29.8. The molecule has 1 fully saturated rings. The Bertz CT molecular complexity index is 193. The van der Waals surface area contributed by atoms with E-state index in [0.29, 0.717) is 18.1 Å². The zero-order valence-corrected chi connectivity index (χ0v) is 12.2. The average Bonchev–Trinajstić information content (AvgIpc) is 2.34. The molecule has 0 amide bonds. The first-order chi connectivity index (χ1) is 8.17. The first kappa shape index (κ1) is 15.0. The Morgan fingerprint density at radius 3 is 2.59 bits per heavy atom. The molecule has 1 N–H and O–H groups in total. The average molecular weight is 241 g/mol. The highest BCUT2D eigenvalue weighted by molar-refractivity contribution is 4.85. The van der Waals surface area contributed by atoms with E-state index in [2.05, 4.69) is 33.0 Å². The third-order valence-electron chi connectivity index (χ3n) is 3.78. The third kappa shape index (κ3) is 5.39. The molecular weight excluding hydrogens is 210 g/mol. The van der Waals surface area contributed by atoms with E-state index in [9.17, 15) is 0 Å². The van der Waals surface area contributed by atoms with Gasteiger partial charge in [0.1, 0.15) is 0 Å². The molecule has 1 aliphatic rings. The molecular formula is C15H31NO. The van der Waals surface area contributed by atoms with Gasteiger partial charge in [-0.05, 0) is 44.1 Å². The lowest BCUT2D eigenvalue weighted by atomic mass is 9.82. The summed E-state index contributed by atoms with van der Waals surface area (Å²) in [4.78, 5) is 0. The summed E-state index contributed by atoms with van der Waals surface area (Å²) >= 11 is 0. The summed E-state index contributed by atoms with van der Waals surface area (Å²) in [5.41, 5.74) is 0. The summed E-state index contributed by atoms with van der Waals surface area (Å²) in [6.07, 6.45) is 6.89. The predicted molar refractivity (Wildman–Crippen MR) is 74.3 cm³/mol. The first-order valence-electron chi connectivity index (χ1n) is 7.52. The standard InChI is InChI=1S/C15H31NO/c1-5-9-16-14-8-7-13(6-2)10-15(14)17-11-12(3)4/h12-16H,5-11H2,1-4H3. The molecule has 1 saturated carbocycles. The van der Waals surface area contributed by atoms with E-state index in [1.54, 1.807) is 0 Å². The number of rotatable bonds is 7. The van der Waals surface area contributed by atoms with Gasteiger partial charge in [0.2, 0.25) is 0 Å². The topological polar surface area (TPSA) is 21.3 Å². The second kappa shape index (κ2) is 8.10. The molecule has 0 aliphatic heterocycles. The van der Waals surface area contributed by atoms with Crippen LogP contribution in [0.1, 0.15) is 59.8 Å². The molecule has 0 aromatic rings. The predicted octanol–water partition coefficient (Wildman–Crippen LogP) is 3.61. The van der Waals surface area contributed by atoms with Crippen molar-refractivity contribution in [3.05, 3.63) is 0 Å². The summed E-state index contributed by atoms with van der Waals surface area (Å²) in [5.74, 6) is 1.52. The second-order valence-electron chi connectivity index (χ2n) is 5.91. The van der Waals surface area contributed by atoms with Crippen LogP contribution in [0.5, 0.6) is 0 Å². The van der Waals surface area contributed by atoms with Crippen molar-refractivity contribution < 1.29 is 4.74 Å². The van der Waals surface area contributed by atoms with Gasteiger partial charge < -0.3 is 10.1 Å². The maximum atomic E-state index is 6.12. The largest absolute Gasteiger partial charge is 0.376 e. The number of hydrogen-bond donors (Lipinski definition) is 1. The molecule has 1 aliphatic carbocycles. The molecule has 3 unspecified atom stereocenters. The lowest BCUT2D eigenvalue weighted by molar-refractivity contribution is -0.0215. The molecule has 2 heteroatoms. The first-order valence-corrected chi connectivity index (χ1v) is 7.52. The molecule has 2 nitrogen and oxygen atoms in total.